The number of hydrogen-bond acceptors (Lipinski definition) is 4. The number of piperidine rings is 1. The number of amides is 2. The number of carbonyl (C=O) groups is 2. The predicted molar refractivity (Wildman–Crippen MR) is 101 cm³/mol. The summed E-state index contributed by atoms with van der Waals surface area (Å²) in [5.74, 6) is 0.107. The Labute approximate surface area is 159 Å². The molecule has 25 heavy (non-hydrogen) atoms. The minimum absolute atomic E-state index is 0. The molecule has 1 saturated carbocycles. The van der Waals surface area contributed by atoms with Crippen molar-refractivity contribution in [3.8, 4) is 0 Å². The van der Waals surface area contributed by atoms with Gasteiger partial charge >= 0.3 is 0 Å². The van der Waals surface area contributed by atoms with E-state index in [4.69, 9.17) is 0 Å². The predicted octanol–water partition coefficient (Wildman–Crippen LogP) is 2.12. The van der Waals surface area contributed by atoms with Crippen LogP contribution in [0.1, 0.15) is 31.2 Å². The minimum Gasteiger partial charge on any atom is -0.345 e. The van der Waals surface area contributed by atoms with Crippen LogP contribution in [-0.4, -0.2) is 54.3 Å². The molecule has 0 aromatic carbocycles. The maximum Gasteiger partial charge on any atom is 0.228 e. The lowest BCUT2D eigenvalue weighted by molar-refractivity contribution is -0.137. The van der Waals surface area contributed by atoms with Crippen molar-refractivity contribution < 1.29 is 9.59 Å². The summed E-state index contributed by atoms with van der Waals surface area (Å²) in [6, 6.07) is 2.46. The SMILES string of the molecule is CN1CC(C(=O)N(Cc2ccsc2)C2CC23CCNCC3)CC1=O.Cl. The van der Waals surface area contributed by atoms with Gasteiger partial charge in [-0.3, -0.25) is 9.59 Å². The maximum atomic E-state index is 13.2. The average Bonchev–Trinajstić information content (AvgIpc) is 2.92. The van der Waals surface area contributed by atoms with Crippen molar-refractivity contribution >= 4 is 35.6 Å². The van der Waals surface area contributed by atoms with Crippen LogP contribution in [0.3, 0.4) is 0 Å². The zero-order valence-electron chi connectivity index (χ0n) is 14.6. The quantitative estimate of drug-likeness (QED) is 0.866. The van der Waals surface area contributed by atoms with Gasteiger partial charge in [0.1, 0.15) is 0 Å². The Morgan fingerprint density at radius 2 is 2.20 bits per heavy atom. The Morgan fingerprint density at radius 1 is 1.44 bits per heavy atom. The second-order valence-corrected chi connectivity index (χ2v) is 8.39. The third-order valence-corrected chi connectivity index (χ3v) is 6.76. The molecule has 3 heterocycles. The van der Waals surface area contributed by atoms with Crippen LogP contribution in [0.4, 0.5) is 0 Å². The van der Waals surface area contributed by atoms with Crippen LogP contribution in [0.15, 0.2) is 16.8 Å². The van der Waals surface area contributed by atoms with Crippen LogP contribution < -0.4 is 5.32 Å². The fourth-order valence-corrected chi connectivity index (χ4v) is 5.07. The molecule has 2 atom stereocenters. The lowest BCUT2D eigenvalue weighted by Gasteiger charge is -2.31. The fourth-order valence-electron chi connectivity index (χ4n) is 4.41. The second kappa shape index (κ2) is 7.25. The van der Waals surface area contributed by atoms with Crippen LogP contribution in [0.25, 0.3) is 0 Å². The van der Waals surface area contributed by atoms with E-state index >= 15 is 0 Å². The topological polar surface area (TPSA) is 52.7 Å². The van der Waals surface area contributed by atoms with E-state index in [1.165, 1.54) is 5.56 Å². The summed E-state index contributed by atoms with van der Waals surface area (Å²) >= 11 is 1.68. The Kier molecular flexibility index (Phi) is 5.42. The van der Waals surface area contributed by atoms with Gasteiger partial charge in [0, 0.05) is 32.6 Å². The standard InChI is InChI=1S/C18H25N3O2S.ClH/c1-20-11-14(8-16(20)22)17(23)21(10-13-2-7-24-12-13)15-9-18(15)3-5-19-6-4-18;/h2,7,12,14-15,19H,3-6,8-11H2,1H3;1H. The van der Waals surface area contributed by atoms with Crippen molar-refractivity contribution in [3.05, 3.63) is 22.4 Å². The molecule has 3 fully saturated rings. The first kappa shape index (κ1) is 18.7. The molecule has 0 bridgehead atoms. The number of carbonyl (C=O) groups excluding carboxylic acids is 2. The van der Waals surface area contributed by atoms with E-state index < -0.39 is 0 Å². The summed E-state index contributed by atoms with van der Waals surface area (Å²) < 4.78 is 0. The van der Waals surface area contributed by atoms with Crippen LogP contribution in [0, 0.1) is 11.3 Å². The lowest BCUT2D eigenvalue weighted by Crippen LogP contribution is -2.42. The van der Waals surface area contributed by atoms with Gasteiger partial charge in [0.25, 0.3) is 0 Å². The fraction of sp³-hybridized carbons (Fsp3) is 0.667. The molecule has 7 heteroatoms. The van der Waals surface area contributed by atoms with Gasteiger partial charge < -0.3 is 15.1 Å². The van der Waals surface area contributed by atoms with Gasteiger partial charge in [0.15, 0.2) is 0 Å². The zero-order chi connectivity index (χ0) is 16.7. The van der Waals surface area contributed by atoms with Crippen LogP contribution in [-0.2, 0) is 16.1 Å². The van der Waals surface area contributed by atoms with Crippen molar-refractivity contribution in [1.29, 1.82) is 0 Å². The smallest absolute Gasteiger partial charge is 0.228 e. The van der Waals surface area contributed by atoms with Gasteiger partial charge in [-0.15, -0.1) is 12.4 Å². The van der Waals surface area contributed by atoms with Gasteiger partial charge in [0.2, 0.25) is 11.8 Å². The molecule has 1 aromatic rings. The van der Waals surface area contributed by atoms with Gasteiger partial charge in [0.05, 0.1) is 5.92 Å². The van der Waals surface area contributed by atoms with Crippen molar-refractivity contribution in [1.82, 2.24) is 15.1 Å². The highest BCUT2D eigenvalue weighted by atomic mass is 35.5. The van der Waals surface area contributed by atoms with E-state index in [0.717, 1.165) is 32.4 Å². The molecular weight excluding hydrogens is 358 g/mol. The summed E-state index contributed by atoms with van der Waals surface area (Å²) in [6.07, 6.45) is 3.82. The van der Waals surface area contributed by atoms with E-state index in [1.54, 1.807) is 23.3 Å². The monoisotopic (exact) mass is 383 g/mol. The summed E-state index contributed by atoms with van der Waals surface area (Å²) in [5.41, 5.74) is 1.54. The van der Waals surface area contributed by atoms with Gasteiger partial charge in [-0.25, -0.2) is 0 Å². The van der Waals surface area contributed by atoms with Crippen molar-refractivity contribution in [2.45, 2.75) is 38.3 Å². The number of halogens is 1. The molecule has 4 rings (SSSR count). The summed E-state index contributed by atoms with van der Waals surface area (Å²) in [5, 5.41) is 7.62. The number of thiophene rings is 1. The first-order valence-electron chi connectivity index (χ1n) is 8.85. The number of rotatable bonds is 4. The largest absolute Gasteiger partial charge is 0.345 e. The molecule has 1 spiro atoms. The molecule has 2 unspecified atom stereocenters. The molecule has 5 nitrogen and oxygen atoms in total. The highest BCUT2D eigenvalue weighted by Gasteiger charge is 2.58. The molecule has 0 radical (unpaired) electrons. The molecule has 1 N–H and O–H groups in total. The zero-order valence-corrected chi connectivity index (χ0v) is 16.2. The van der Waals surface area contributed by atoms with Crippen LogP contribution in [0.5, 0.6) is 0 Å². The highest BCUT2D eigenvalue weighted by molar-refractivity contribution is 7.07. The first-order valence-corrected chi connectivity index (χ1v) is 9.80. The van der Waals surface area contributed by atoms with E-state index in [1.807, 2.05) is 0 Å². The van der Waals surface area contributed by atoms with E-state index in [9.17, 15) is 9.59 Å². The van der Waals surface area contributed by atoms with Crippen LogP contribution >= 0.6 is 23.7 Å². The lowest BCUT2D eigenvalue weighted by atomic mass is 9.93. The van der Waals surface area contributed by atoms with Crippen molar-refractivity contribution in [2.75, 3.05) is 26.7 Å². The summed E-state index contributed by atoms with van der Waals surface area (Å²) in [6.45, 7) is 3.37. The highest BCUT2D eigenvalue weighted by Crippen LogP contribution is 2.56. The third-order valence-electron chi connectivity index (χ3n) is 6.03. The first-order chi connectivity index (χ1) is 11.6. The molecule has 2 saturated heterocycles. The van der Waals surface area contributed by atoms with Crippen LogP contribution in [0.2, 0.25) is 0 Å². The Balaban J connectivity index is 0.00000182. The van der Waals surface area contributed by atoms with E-state index in [0.29, 0.717) is 31.0 Å². The number of nitrogens with zero attached hydrogens (tertiary/aromatic N) is 2. The molecular formula is C18H26ClN3O2S. The number of nitrogens with one attached hydrogen (secondary N) is 1. The molecule has 3 aliphatic rings. The van der Waals surface area contributed by atoms with E-state index in [2.05, 4.69) is 27.0 Å². The molecule has 2 amide bonds. The minimum atomic E-state index is -0.166. The normalized spacial score (nSPS) is 27.2. The van der Waals surface area contributed by atoms with Crippen molar-refractivity contribution in [2.24, 2.45) is 11.3 Å². The summed E-state index contributed by atoms with van der Waals surface area (Å²) in [4.78, 5) is 28.9. The Hall–Kier alpha value is -1.11. The average molecular weight is 384 g/mol. The van der Waals surface area contributed by atoms with Gasteiger partial charge in [-0.1, -0.05) is 0 Å². The molecule has 1 aliphatic carbocycles. The van der Waals surface area contributed by atoms with Gasteiger partial charge in [-0.05, 0) is 60.2 Å². The second-order valence-electron chi connectivity index (χ2n) is 7.61. The van der Waals surface area contributed by atoms with E-state index in [-0.39, 0.29) is 30.1 Å². The number of likely N-dealkylation sites (tertiary alicyclic amines) is 1. The number of hydrogen-bond donors (Lipinski definition) is 1. The molecule has 1 aromatic heterocycles. The van der Waals surface area contributed by atoms with Gasteiger partial charge in [-0.2, -0.15) is 11.3 Å². The maximum absolute atomic E-state index is 13.2. The van der Waals surface area contributed by atoms with Crippen molar-refractivity contribution in [3.63, 3.8) is 0 Å². The molecule has 138 valence electrons. The Morgan fingerprint density at radius 3 is 2.80 bits per heavy atom. The summed E-state index contributed by atoms with van der Waals surface area (Å²) in [7, 11) is 1.80. The molecule has 2 aliphatic heterocycles. The third kappa shape index (κ3) is 3.57. The Bertz CT molecular complexity index is 630.